The maximum atomic E-state index is 12.2. The van der Waals surface area contributed by atoms with Crippen LogP contribution in [0.4, 0.5) is 0 Å². The third kappa shape index (κ3) is 2.90. The van der Waals surface area contributed by atoms with E-state index in [4.69, 9.17) is 9.15 Å². The minimum atomic E-state index is 0.0139. The molecular weight excluding hydrogens is 286 g/mol. The molecule has 1 aliphatic heterocycles. The maximum absolute atomic E-state index is 12.2. The van der Waals surface area contributed by atoms with Crippen LogP contribution in [-0.4, -0.2) is 37.1 Å². The lowest BCUT2D eigenvalue weighted by Crippen LogP contribution is -2.35. The van der Waals surface area contributed by atoms with Crippen LogP contribution in [0.3, 0.4) is 0 Å². The van der Waals surface area contributed by atoms with E-state index in [1.165, 1.54) is 6.26 Å². The fourth-order valence-corrected chi connectivity index (χ4v) is 2.42. The van der Waals surface area contributed by atoms with Gasteiger partial charge in [-0.1, -0.05) is 0 Å². The standard InChI is InChI=1S/C12H16BrNO3/c1-2-14(7-9-3-5-16-8-9)12(15)10-4-6-17-11(10)13/h4,6,9H,2-3,5,7-8H2,1H3. The molecule has 0 aliphatic carbocycles. The molecule has 1 fully saturated rings. The largest absolute Gasteiger partial charge is 0.457 e. The normalized spacial score (nSPS) is 19.5. The lowest BCUT2D eigenvalue weighted by Gasteiger charge is -2.23. The summed E-state index contributed by atoms with van der Waals surface area (Å²) >= 11 is 3.24. The second-order valence-electron chi connectivity index (χ2n) is 4.18. The van der Waals surface area contributed by atoms with Gasteiger partial charge in [-0.15, -0.1) is 0 Å². The fraction of sp³-hybridized carbons (Fsp3) is 0.583. The zero-order chi connectivity index (χ0) is 12.3. The number of rotatable bonds is 4. The molecule has 0 bridgehead atoms. The van der Waals surface area contributed by atoms with E-state index < -0.39 is 0 Å². The highest BCUT2D eigenvalue weighted by Gasteiger charge is 2.24. The summed E-state index contributed by atoms with van der Waals surface area (Å²) in [6.07, 6.45) is 2.56. The molecule has 1 aliphatic rings. The summed E-state index contributed by atoms with van der Waals surface area (Å²) in [5.41, 5.74) is 0.589. The van der Waals surface area contributed by atoms with E-state index in [-0.39, 0.29) is 5.91 Å². The molecule has 0 N–H and O–H groups in total. The Bertz CT molecular complexity index is 385. The highest BCUT2D eigenvalue weighted by atomic mass is 79.9. The van der Waals surface area contributed by atoms with Gasteiger partial charge in [0.25, 0.3) is 5.91 Å². The Labute approximate surface area is 109 Å². The molecule has 1 aromatic rings. The van der Waals surface area contributed by atoms with Crippen LogP contribution in [0.2, 0.25) is 0 Å². The van der Waals surface area contributed by atoms with Gasteiger partial charge in [-0.3, -0.25) is 4.79 Å². The lowest BCUT2D eigenvalue weighted by atomic mass is 10.1. The van der Waals surface area contributed by atoms with E-state index >= 15 is 0 Å². The molecule has 1 atom stereocenters. The minimum absolute atomic E-state index is 0.0139. The first-order chi connectivity index (χ1) is 8.22. The summed E-state index contributed by atoms with van der Waals surface area (Å²) in [6.45, 7) is 5.02. The number of ether oxygens (including phenoxy) is 1. The number of nitrogens with zero attached hydrogens (tertiary/aromatic N) is 1. The molecule has 2 rings (SSSR count). The van der Waals surface area contributed by atoms with Gasteiger partial charge in [-0.05, 0) is 35.3 Å². The number of furan rings is 1. The van der Waals surface area contributed by atoms with Gasteiger partial charge in [0.15, 0.2) is 4.67 Å². The number of carbonyl (C=O) groups is 1. The van der Waals surface area contributed by atoms with Crippen molar-refractivity contribution >= 4 is 21.8 Å². The van der Waals surface area contributed by atoms with Crippen LogP contribution >= 0.6 is 15.9 Å². The predicted molar refractivity (Wildman–Crippen MR) is 66.9 cm³/mol. The molecule has 1 saturated heterocycles. The SMILES string of the molecule is CCN(CC1CCOC1)C(=O)c1ccoc1Br. The number of carbonyl (C=O) groups excluding carboxylic acids is 1. The Kier molecular flexibility index (Phi) is 4.23. The molecule has 2 heterocycles. The number of hydrogen-bond donors (Lipinski definition) is 0. The Balaban J connectivity index is 2.02. The zero-order valence-electron chi connectivity index (χ0n) is 9.82. The topological polar surface area (TPSA) is 42.7 Å². The summed E-state index contributed by atoms with van der Waals surface area (Å²) in [7, 11) is 0. The summed E-state index contributed by atoms with van der Waals surface area (Å²) in [4.78, 5) is 14.1. The van der Waals surface area contributed by atoms with Crippen molar-refractivity contribution in [3.8, 4) is 0 Å². The maximum Gasteiger partial charge on any atom is 0.258 e. The molecule has 0 aromatic carbocycles. The first-order valence-electron chi connectivity index (χ1n) is 5.82. The second-order valence-corrected chi connectivity index (χ2v) is 4.90. The van der Waals surface area contributed by atoms with Crippen molar-refractivity contribution in [1.82, 2.24) is 4.90 Å². The first kappa shape index (κ1) is 12.6. The monoisotopic (exact) mass is 301 g/mol. The highest BCUT2D eigenvalue weighted by Crippen LogP contribution is 2.21. The Morgan fingerprint density at radius 1 is 1.65 bits per heavy atom. The Hall–Kier alpha value is -0.810. The van der Waals surface area contributed by atoms with Crippen molar-refractivity contribution in [2.24, 2.45) is 5.92 Å². The Morgan fingerprint density at radius 3 is 3.00 bits per heavy atom. The molecule has 0 spiro atoms. The average molecular weight is 302 g/mol. The zero-order valence-corrected chi connectivity index (χ0v) is 11.4. The summed E-state index contributed by atoms with van der Waals surface area (Å²) in [6, 6.07) is 1.69. The predicted octanol–water partition coefficient (Wildman–Crippen LogP) is 2.54. The minimum Gasteiger partial charge on any atom is -0.457 e. The second kappa shape index (κ2) is 5.69. The number of hydrogen-bond acceptors (Lipinski definition) is 3. The van der Waals surface area contributed by atoms with Crippen LogP contribution in [0.25, 0.3) is 0 Å². The summed E-state index contributed by atoms with van der Waals surface area (Å²) in [5.74, 6) is 0.476. The lowest BCUT2D eigenvalue weighted by molar-refractivity contribution is 0.0729. The van der Waals surface area contributed by atoms with E-state index in [1.54, 1.807) is 6.07 Å². The van der Waals surface area contributed by atoms with Crippen LogP contribution in [0.1, 0.15) is 23.7 Å². The van der Waals surface area contributed by atoms with Gasteiger partial charge >= 0.3 is 0 Å². The van der Waals surface area contributed by atoms with Crippen molar-refractivity contribution in [1.29, 1.82) is 0 Å². The van der Waals surface area contributed by atoms with Gasteiger partial charge < -0.3 is 14.1 Å². The fourth-order valence-electron chi connectivity index (χ4n) is 2.01. The summed E-state index contributed by atoms with van der Waals surface area (Å²) < 4.78 is 10.9. The molecule has 0 saturated carbocycles. The van der Waals surface area contributed by atoms with Crippen LogP contribution in [0, 0.1) is 5.92 Å². The average Bonchev–Trinajstić information content (AvgIpc) is 2.96. The third-order valence-corrected chi connectivity index (χ3v) is 3.63. The molecular formula is C12H16BrNO3. The molecule has 17 heavy (non-hydrogen) atoms. The highest BCUT2D eigenvalue weighted by molar-refractivity contribution is 9.10. The van der Waals surface area contributed by atoms with Crippen molar-refractivity contribution in [2.45, 2.75) is 13.3 Å². The van der Waals surface area contributed by atoms with Crippen LogP contribution in [0.15, 0.2) is 21.4 Å². The van der Waals surface area contributed by atoms with Crippen molar-refractivity contribution in [2.75, 3.05) is 26.3 Å². The number of halogens is 1. The molecule has 1 amide bonds. The molecule has 5 heteroatoms. The van der Waals surface area contributed by atoms with Crippen molar-refractivity contribution < 1.29 is 13.9 Å². The van der Waals surface area contributed by atoms with Crippen molar-refractivity contribution in [3.05, 3.63) is 22.6 Å². The molecule has 4 nitrogen and oxygen atoms in total. The van der Waals surface area contributed by atoms with Crippen LogP contribution in [0.5, 0.6) is 0 Å². The van der Waals surface area contributed by atoms with E-state index in [9.17, 15) is 4.79 Å². The van der Waals surface area contributed by atoms with Crippen molar-refractivity contribution in [3.63, 3.8) is 0 Å². The molecule has 0 radical (unpaired) electrons. The van der Waals surface area contributed by atoms with E-state index in [2.05, 4.69) is 15.9 Å². The van der Waals surface area contributed by atoms with Gasteiger partial charge in [-0.2, -0.15) is 0 Å². The van der Waals surface area contributed by atoms with Gasteiger partial charge in [0, 0.05) is 25.6 Å². The van der Waals surface area contributed by atoms with Gasteiger partial charge in [0.05, 0.1) is 18.4 Å². The van der Waals surface area contributed by atoms with Crippen LogP contribution in [-0.2, 0) is 4.74 Å². The van der Waals surface area contributed by atoms with Gasteiger partial charge in [0.1, 0.15) is 0 Å². The van der Waals surface area contributed by atoms with Crippen LogP contribution < -0.4 is 0 Å². The molecule has 94 valence electrons. The molecule has 1 unspecified atom stereocenters. The quantitative estimate of drug-likeness (QED) is 0.858. The van der Waals surface area contributed by atoms with E-state index in [0.29, 0.717) is 22.7 Å². The first-order valence-corrected chi connectivity index (χ1v) is 6.61. The smallest absolute Gasteiger partial charge is 0.258 e. The van der Waals surface area contributed by atoms with E-state index in [0.717, 1.165) is 26.2 Å². The molecule has 1 aromatic heterocycles. The Morgan fingerprint density at radius 2 is 2.47 bits per heavy atom. The summed E-state index contributed by atoms with van der Waals surface area (Å²) in [5, 5.41) is 0. The van der Waals surface area contributed by atoms with Gasteiger partial charge in [0.2, 0.25) is 0 Å². The van der Waals surface area contributed by atoms with Gasteiger partial charge in [-0.25, -0.2) is 0 Å². The number of amides is 1. The third-order valence-electron chi connectivity index (χ3n) is 3.02. The van der Waals surface area contributed by atoms with E-state index in [1.807, 2.05) is 11.8 Å².